The first-order valence-electron chi connectivity index (χ1n) is 10.8. The number of nitrogens with zero attached hydrogens (tertiary/aromatic N) is 2. The van der Waals surface area contributed by atoms with E-state index in [9.17, 15) is 18.0 Å². The van der Waals surface area contributed by atoms with E-state index in [0.717, 1.165) is 21.7 Å². The first kappa shape index (κ1) is 26.7. The summed E-state index contributed by atoms with van der Waals surface area (Å²) in [6, 6.07) is 13.0. The normalized spacial score (nSPS) is 12.3. The molecule has 0 aliphatic heterocycles. The molecule has 2 rings (SSSR count). The third kappa shape index (κ3) is 7.75. The van der Waals surface area contributed by atoms with Crippen LogP contribution in [-0.2, 0) is 26.2 Å². The molecule has 0 aliphatic carbocycles. The van der Waals surface area contributed by atoms with Gasteiger partial charge in [-0.25, -0.2) is 8.42 Å². The number of anilines is 1. The molecule has 0 bridgehead atoms. The largest absolute Gasteiger partial charge is 0.352 e. The highest BCUT2D eigenvalue weighted by molar-refractivity contribution is 7.92. The number of rotatable bonds is 10. The number of halogens is 1. The third-order valence-corrected chi connectivity index (χ3v) is 6.48. The molecular formula is C24H32ClN3O4S. The molecule has 7 nitrogen and oxygen atoms in total. The van der Waals surface area contributed by atoms with Gasteiger partial charge >= 0.3 is 0 Å². The van der Waals surface area contributed by atoms with Gasteiger partial charge in [0.25, 0.3) is 0 Å². The Balaban J connectivity index is 2.42. The summed E-state index contributed by atoms with van der Waals surface area (Å²) in [4.78, 5) is 27.9. The minimum atomic E-state index is -3.77. The maximum absolute atomic E-state index is 13.5. The van der Waals surface area contributed by atoms with E-state index in [-0.39, 0.29) is 18.5 Å². The van der Waals surface area contributed by atoms with E-state index in [1.54, 1.807) is 24.3 Å². The van der Waals surface area contributed by atoms with Gasteiger partial charge < -0.3 is 10.2 Å². The van der Waals surface area contributed by atoms with Gasteiger partial charge in [0.05, 0.1) is 11.9 Å². The summed E-state index contributed by atoms with van der Waals surface area (Å²) < 4.78 is 26.1. The fourth-order valence-corrected chi connectivity index (χ4v) is 4.39. The van der Waals surface area contributed by atoms with Crippen molar-refractivity contribution in [2.24, 2.45) is 0 Å². The monoisotopic (exact) mass is 493 g/mol. The number of carbonyl (C=O) groups excluding carboxylic acids is 2. The molecule has 0 heterocycles. The highest BCUT2D eigenvalue weighted by Gasteiger charge is 2.31. The van der Waals surface area contributed by atoms with Crippen LogP contribution in [0.25, 0.3) is 0 Å². The molecule has 33 heavy (non-hydrogen) atoms. The highest BCUT2D eigenvalue weighted by atomic mass is 35.5. The van der Waals surface area contributed by atoms with Crippen molar-refractivity contribution in [2.45, 2.75) is 52.7 Å². The van der Waals surface area contributed by atoms with Gasteiger partial charge in [0.1, 0.15) is 12.6 Å². The van der Waals surface area contributed by atoms with Crippen molar-refractivity contribution in [1.82, 2.24) is 10.2 Å². The van der Waals surface area contributed by atoms with Gasteiger partial charge in [-0.05, 0) is 57.0 Å². The zero-order valence-corrected chi connectivity index (χ0v) is 21.3. The van der Waals surface area contributed by atoms with Crippen LogP contribution in [0, 0.1) is 6.92 Å². The number of hydrogen-bond donors (Lipinski definition) is 1. The Morgan fingerprint density at radius 3 is 2.09 bits per heavy atom. The Bertz CT molecular complexity index is 1050. The lowest BCUT2D eigenvalue weighted by Gasteiger charge is -2.33. The van der Waals surface area contributed by atoms with Crippen molar-refractivity contribution < 1.29 is 18.0 Å². The van der Waals surface area contributed by atoms with Gasteiger partial charge in [-0.15, -0.1) is 0 Å². The molecule has 0 spiro atoms. The number of carbonyl (C=O) groups is 2. The Kier molecular flexibility index (Phi) is 9.31. The first-order chi connectivity index (χ1) is 15.4. The van der Waals surface area contributed by atoms with Crippen molar-refractivity contribution in [3.8, 4) is 0 Å². The van der Waals surface area contributed by atoms with E-state index in [1.165, 1.54) is 4.90 Å². The molecule has 0 radical (unpaired) electrons. The van der Waals surface area contributed by atoms with Gasteiger partial charge in [-0.1, -0.05) is 48.4 Å². The van der Waals surface area contributed by atoms with E-state index < -0.39 is 28.5 Å². The van der Waals surface area contributed by atoms with E-state index in [1.807, 2.05) is 52.0 Å². The van der Waals surface area contributed by atoms with Gasteiger partial charge in [-0.2, -0.15) is 0 Å². The second-order valence-corrected chi connectivity index (χ2v) is 10.7. The zero-order chi connectivity index (χ0) is 24.8. The molecule has 0 unspecified atom stereocenters. The highest BCUT2D eigenvalue weighted by Crippen LogP contribution is 2.22. The lowest BCUT2D eigenvalue weighted by atomic mass is 10.1. The van der Waals surface area contributed by atoms with E-state index >= 15 is 0 Å². The Morgan fingerprint density at radius 1 is 1.03 bits per heavy atom. The Labute approximate surface area is 201 Å². The van der Waals surface area contributed by atoms with Gasteiger partial charge in [-0.3, -0.25) is 13.9 Å². The van der Waals surface area contributed by atoms with Crippen molar-refractivity contribution in [3.05, 3.63) is 64.7 Å². The average Bonchev–Trinajstić information content (AvgIpc) is 2.72. The fourth-order valence-electron chi connectivity index (χ4n) is 3.41. The standard InChI is InChI=1S/C24H32ClN3O4S/c1-6-22(24(30)26-17(2)3)27(15-19-9-7-18(4)8-10-19)23(29)16-28(33(5,31)32)21-13-11-20(25)12-14-21/h7-14,17,22H,6,15-16H2,1-5H3,(H,26,30)/t22-/m0/s1. The van der Waals surface area contributed by atoms with Gasteiger partial charge in [0.15, 0.2) is 0 Å². The van der Waals surface area contributed by atoms with Crippen LogP contribution in [0.15, 0.2) is 48.5 Å². The van der Waals surface area contributed by atoms with E-state index in [4.69, 9.17) is 11.6 Å². The van der Waals surface area contributed by atoms with Crippen LogP contribution in [0.5, 0.6) is 0 Å². The second-order valence-electron chi connectivity index (χ2n) is 8.34. The summed E-state index contributed by atoms with van der Waals surface area (Å²) >= 11 is 5.94. The average molecular weight is 494 g/mol. The predicted octanol–water partition coefficient (Wildman–Crippen LogP) is 3.75. The quantitative estimate of drug-likeness (QED) is 0.546. The molecule has 1 atom stereocenters. The molecule has 0 aliphatic rings. The van der Waals surface area contributed by atoms with E-state index in [0.29, 0.717) is 17.1 Å². The van der Waals surface area contributed by atoms with Gasteiger partial charge in [0.2, 0.25) is 21.8 Å². The fraction of sp³-hybridized carbons (Fsp3) is 0.417. The van der Waals surface area contributed by atoms with Crippen molar-refractivity contribution >= 4 is 39.1 Å². The molecule has 180 valence electrons. The molecule has 2 amide bonds. The van der Waals surface area contributed by atoms with Crippen molar-refractivity contribution in [3.63, 3.8) is 0 Å². The molecular weight excluding hydrogens is 462 g/mol. The lowest BCUT2D eigenvalue weighted by molar-refractivity contribution is -0.140. The van der Waals surface area contributed by atoms with Crippen LogP contribution in [0.2, 0.25) is 5.02 Å². The number of hydrogen-bond acceptors (Lipinski definition) is 4. The summed E-state index contributed by atoms with van der Waals surface area (Å²) in [5.41, 5.74) is 2.25. The summed E-state index contributed by atoms with van der Waals surface area (Å²) in [6.45, 7) is 7.24. The molecule has 9 heteroatoms. The molecule has 0 saturated carbocycles. The topological polar surface area (TPSA) is 86.8 Å². The smallest absolute Gasteiger partial charge is 0.244 e. The number of nitrogens with one attached hydrogen (secondary N) is 1. The summed E-state index contributed by atoms with van der Waals surface area (Å²) in [5.74, 6) is -0.743. The SMILES string of the molecule is CC[C@@H](C(=O)NC(C)C)N(Cc1ccc(C)cc1)C(=O)CN(c1ccc(Cl)cc1)S(C)(=O)=O. The molecule has 2 aromatic carbocycles. The molecule has 1 N–H and O–H groups in total. The van der Waals surface area contributed by atoms with Crippen LogP contribution >= 0.6 is 11.6 Å². The number of aryl methyl sites for hydroxylation is 1. The maximum atomic E-state index is 13.5. The molecule has 0 fully saturated rings. The van der Waals surface area contributed by atoms with Crippen LogP contribution in [-0.4, -0.2) is 50.0 Å². The summed E-state index contributed by atoms with van der Waals surface area (Å²) in [6.07, 6.45) is 1.43. The summed E-state index contributed by atoms with van der Waals surface area (Å²) in [7, 11) is -3.77. The van der Waals surface area contributed by atoms with Gasteiger partial charge in [0, 0.05) is 17.6 Å². The maximum Gasteiger partial charge on any atom is 0.244 e. The molecule has 0 aromatic heterocycles. The Hall–Kier alpha value is -2.58. The lowest BCUT2D eigenvalue weighted by Crippen LogP contribution is -2.53. The minimum absolute atomic E-state index is 0.0931. The van der Waals surface area contributed by atoms with Crippen molar-refractivity contribution in [1.29, 1.82) is 0 Å². The number of sulfonamides is 1. The predicted molar refractivity (Wildman–Crippen MR) is 133 cm³/mol. The van der Waals surface area contributed by atoms with Crippen molar-refractivity contribution in [2.75, 3.05) is 17.1 Å². The van der Waals surface area contributed by atoms with Crippen LogP contribution in [0.3, 0.4) is 0 Å². The van der Waals surface area contributed by atoms with Crippen LogP contribution in [0.4, 0.5) is 5.69 Å². The molecule has 0 saturated heterocycles. The third-order valence-electron chi connectivity index (χ3n) is 5.08. The molecule has 2 aromatic rings. The first-order valence-corrected chi connectivity index (χ1v) is 13.0. The van der Waals surface area contributed by atoms with E-state index in [2.05, 4.69) is 5.32 Å². The number of benzene rings is 2. The second kappa shape index (κ2) is 11.5. The summed E-state index contributed by atoms with van der Waals surface area (Å²) in [5, 5.41) is 3.32. The minimum Gasteiger partial charge on any atom is -0.352 e. The van der Waals surface area contributed by atoms with Crippen LogP contribution < -0.4 is 9.62 Å². The van der Waals surface area contributed by atoms with Crippen LogP contribution in [0.1, 0.15) is 38.3 Å². The Morgan fingerprint density at radius 2 is 1.61 bits per heavy atom. The zero-order valence-electron chi connectivity index (χ0n) is 19.7. The number of amides is 2.